The standard InChI is InChI=1S/C17H23NO3/c1-11(2)21-16(20)17(4)10-14(12(3)19)15(18-17)13-8-6-5-7-9-13/h5-9,11,14-15,18H,10H2,1-4H3/t14-,15-,17-/m1/s1. The Kier molecular flexibility index (Phi) is 4.47. The number of rotatable bonds is 4. The third-order valence-electron chi connectivity index (χ3n) is 3.98. The second kappa shape index (κ2) is 5.98. The van der Waals surface area contributed by atoms with Crippen molar-refractivity contribution in [1.82, 2.24) is 5.32 Å². The Morgan fingerprint density at radius 3 is 2.43 bits per heavy atom. The molecule has 0 unspecified atom stereocenters. The minimum Gasteiger partial charge on any atom is -0.462 e. The molecule has 4 nitrogen and oxygen atoms in total. The summed E-state index contributed by atoms with van der Waals surface area (Å²) in [7, 11) is 0. The van der Waals surface area contributed by atoms with Gasteiger partial charge in [-0.3, -0.25) is 14.9 Å². The highest BCUT2D eigenvalue weighted by molar-refractivity contribution is 5.86. The third-order valence-corrected chi connectivity index (χ3v) is 3.98. The summed E-state index contributed by atoms with van der Waals surface area (Å²) >= 11 is 0. The predicted octanol–water partition coefficient (Wildman–Crippen LogP) is 2.64. The number of nitrogens with one attached hydrogen (secondary N) is 1. The number of esters is 1. The maximum Gasteiger partial charge on any atom is 0.326 e. The van der Waals surface area contributed by atoms with Crippen molar-refractivity contribution in [2.24, 2.45) is 5.92 Å². The van der Waals surface area contributed by atoms with Gasteiger partial charge >= 0.3 is 5.97 Å². The van der Waals surface area contributed by atoms with E-state index in [4.69, 9.17) is 4.74 Å². The second-order valence-corrected chi connectivity index (χ2v) is 6.24. The number of ether oxygens (including phenoxy) is 1. The first-order chi connectivity index (χ1) is 9.83. The van der Waals surface area contributed by atoms with Crippen molar-refractivity contribution in [2.45, 2.75) is 51.8 Å². The van der Waals surface area contributed by atoms with Gasteiger partial charge in [0, 0.05) is 12.0 Å². The number of hydrogen-bond acceptors (Lipinski definition) is 4. The molecule has 1 aromatic carbocycles. The molecule has 1 heterocycles. The quantitative estimate of drug-likeness (QED) is 0.866. The van der Waals surface area contributed by atoms with E-state index >= 15 is 0 Å². The largest absolute Gasteiger partial charge is 0.462 e. The summed E-state index contributed by atoms with van der Waals surface area (Å²) in [4.78, 5) is 24.3. The average Bonchev–Trinajstić information content (AvgIpc) is 2.79. The summed E-state index contributed by atoms with van der Waals surface area (Å²) < 4.78 is 5.34. The molecule has 1 N–H and O–H groups in total. The summed E-state index contributed by atoms with van der Waals surface area (Å²) in [5.74, 6) is -0.406. The molecule has 21 heavy (non-hydrogen) atoms. The minimum absolute atomic E-state index is 0.0948. The Morgan fingerprint density at radius 2 is 1.90 bits per heavy atom. The molecule has 0 radical (unpaired) electrons. The third kappa shape index (κ3) is 3.32. The summed E-state index contributed by atoms with van der Waals surface area (Å²) in [5.41, 5.74) is 0.208. The Bertz CT molecular complexity index is 526. The van der Waals surface area contributed by atoms with Gasteiger partial charge in [0.2, 0.25) is 0 Å². The van der Waals surface area contributed by atoms with E-state index in [1.54, 1.807) is 6.92 Å². The topological polar surface area (TPSA) is 55.4 Å². The fourth-order valence-corrected chi connectivity index (χ4v) is 2.90. The number of hydrogen-bond donors (Lipinski definition) is 1. The van der Waals surface area contributed by atoms with Crippen molar-refractivity contribution in [3.63, 3.8) is 0 Å². The van der Waals surface area contributed by atoms with E-state index in [1.165, 1.54) is 0 Å². The first-order valence-electron chi connectivity index (χ1n) is 7.37. The van der Waals surface area contributed by atoms with Crippen molar-refractivity contribution in [3.8, 4) is 0 Å². The van der Waals surface area contributed by atoms with Crippen molar-refractivity contribution in [3.05, 3.63) is 35.9 Å². The van der Waals surface area contributed by atoms with Crippen LogP contribution in [0.25, 0.3) is 0 Å². The Balaban J connectivity index is 2.27. The molecule has 0 bridgehead atoms. The van der Waals surface area contributed by atoms with Crippen molar-refractivity contribution < 1.29 is 14.3 Å². The second-order valence-electron chi connectivity index (χ2n) is 6.24. The molecular weight excluding hydrogens is 266 g/mol. The molecule has 1 saturated heterocycles. The predicted molar refractivity (Wildman–Crippen MR) is 80.7 cm³/mol. The zero-order chi connectivity index (χ0) is 15.6. The smallest absolute Gasteiger partial charge is 0.326 e. The van der Waals surface area contributed by atoms with Crippen LogP contribution in [-0.2, 0) is 14.3 Å². The molecular formula is C17H23NO3. The molecule has 0 aliphatic carbocycles. The first-order valence-corrected chi connectivity index (χ1v) is 7.37. The minimum atomic E-state index is -0.818. The van der Waals surface area contributed by atoms with Crippen molar-refractivity contribution in [1.29, 1.82) is 0 Å². The normalized spacial score (nSPS) is 28.6. The van der Waals surface area contributed by atoms with Crippen LogP contribution < -0.4 is 5.32 Å². The van der Waals surface area contributed by atoms with Crippen LogP contribution in [0.15, 0.2) is 30.3 Å². The summed E-state index contributed by atoms with van der Waals surface area (Å²) in [6.07, 6.45) is 0.302. The Labute approximate surface area is 125 Å². The number of benzene rings is 1. The van der Waals surface area contributed by atoms with Gasteiger partial charge in [-0.25, -0.2) is 0 Å². The lowest BCUT2D eigenvalue weighted by molar-refractivity contribution is -0.154. The zero-order valence-corrected chi connectivity index (χ0v) is 13.1. The fourth-order valence-electron chi connectivity index (χ4n) is 2.90. The Hall–Kier alpha value is -1.68. The number of ketones is 1. The highest BCUT2D eigenvalue weighted by Gasteiger charge is 2.49. The van der Waals surface area contributed by atoms with Crippen LogP contribution in [-0.4, -0.2) is 23.4 Å². The zero-order valence-electron chi connectivity index (χ0n) is 13.1. The summed E-state index contributed by atoms with van der Waals surface area (Å²) in [6, 6.07) is 9.63. The van der Waals surface area contributed by atoms with Gasteiger partial charge in [-0.2, -0.15) is 0 Å². The molecule has 0 saturated carbocycles. The number of Topliss-reactive ketones (excluding diaryl/α,β-unsaturated/α-hetero) is 1. The van der Waals surface area contributed by atoms with E-state index in [9.17, 15) is 9.59 Å². The van der Waals surface area contributed by atoms with Gasteiger partial charge in [0.1, 0.15) is 11.3 Å². The van der Waals surface area contributed by atoms with Crippen LogP contribution in [0.1, 0.15) is 45.7 Å². The molecule has 3 atom stereocenters. The van der Waals surface area contributed by atoms with Gasteiger partial charge in [0.05, 0.1) is 6.10 Å². The highest BCUT2D eigenvalue weighted by atomic mass is 16.5. The molecule has 0 amide bonds. The lowest BCUT2D eigenvalue weighted by atomic mass is 9.87. The van der Waals surface area contributed by atoms with Crippen molar-refractivity contribution in [2.75, 3.05) is 0 Å². The van der Waals surface area contributed by atoms with Gasteiger partial charge < -0.3 is 4.74 Å². The number of carbonyl (C=O) groups is 2. The van der Waals surface area contributed by atoms with Crippen LogP contribution in [0.3, 0.4) is 0 Å². The molecule has 1 aliphatic heterocycles. The van der Waals surface area contributed by atoms with Crippen LogP contribution in [0, 0.1) is 5.92 Å². The summed E-state index contributed by atoms with van der Waals surface area (Å²) in [5, 5.41) is 3.32. The van der Waals surface area contributed by atoms with Crippen LogP contribution in [0.4, 0.5) is 0 Å². The maximum atomic E-state index is 12.3. The van der Waals surface area contributed by atoms with E-state index in [0.717, 1.165) is 5.56 Å². The lowest BCUT2D eigenvalue weighted by Gasteiger charge is -2.25. The lowest BCUT2D eigenvalue weighted by Crippen LogP contribution is -2.47. The van der Waals surface area contributed by atoms with Gasteiger partial charge in [-0.1, -0.05) is 30.3 Å². The maximum absolute atomic E-state index is 12.3. The fraction of sp³-hybridized carbons (Fsp3) is 0.529. The van der Waals surface area contributed by atoms with E-state index in [-0.39, 0.29) is 29.8 Å². The van der Waals surface area contributed by atoms with Gasteiger partial charge in [0.15, 0.2) is 0 Å². The molecule has 0 aromatic heterocycles. The highest BCUT2D eigenvalue weighted by Crippen LogP contribution is 2.39. The monoisotopic (exact) mass is 289 g/mol. The summed E-state index contributed by atoms with van der Waals surface area (Å²) in [6.45, 7) is 7.05. The van der Waals surface area contributed by atoms with E-state index in [0.29, 0.717) is 6.42 Å². The molecule has 1 fully saturated rings. The molecule has 114 valence electrons. The molecule has 1 aromatic rings. The van der Waals surface area contributed by atoms with Gasteiger partial charge in [-0.15, -0.1) is 0 Å². The van der Waals surface area contributed by atoms with Crippen LogP contribution >= 0.6 is 0 Å². The van der Waals surface area contributed by atoms with Crippen LogP contribution in [0.2, 0.25) is 0 Å². The SMILES string of the molecule is CC(=O)[C@H]1C[C@](C)(C(=O)OC(C)C)N[C@@H]1c1ccccc1. The molecule has 2 rings (SSSR count). The van der Waals surface area contributed by atoms with E-state index in [1.807, 2.05) is 51.1 Å². The van der Waals surface area contributed by atoms with E-state index < -0.39 is 5.54 Å². The Morgan fingerprint density at radius 1 is 1.29 bits per heavy atom. The van der Waals surface area contributed by atoms with Crippen LogP contribution in [0.5, 0.6) is 0 Å². The van der Waals surface area contributed by atoms with Crippen molar-refractivity contribution >= 4 is 11.8 Å². The molecule has 4 heteroatoms. The van der Waals surface area contributed by atoms with Gasteiger partial charge in [0.25, 0.3) is 0 Å². The average molecular weight is 289 g/mol. The molecule has 0 spiro atoms. The number of carbonyl (C=O) groups excluding carboxylic acids is 2. The first kappa shape index (κ1) is 15.7. The van der Waals surface area contributed by atoms with E-state index in [2.05, 4.69) is 5.32 Å². The van der Waals surface area contributed by atoms with Gasteiger partial charge in [-0.05, 0) is 39.7 Å². The molecule has 1 aliphatic rings.